The molecule has 1 aromatic heterocycles. The van der Waals surface area contributed by atoms with Crippen molar-refractivity contribution in [1.29, 1.82) is 0 Å². The molecule has 3 aliphatic rings. The molecule has 3 saturated heterocycles. The van der Waals surface area contributed by atoms with Crippen LogP contribution in [-0.4, -0.2) is 63.8 Å². The average Bonchev–Trinajstić information content (AvgIpc) is 3.14. The Morgan fingerprint density at radius 1 is 0.973 bits per heavy atom. The number of amides is 3. The maximum Gasteiger partial charge on any atom is 0.410 e. The lowest BCUT2D eigenvalue weighted by Gasteiger charge is -2.33. The number of hydrogen-bond acceptors (Lipinski definition) is 6. The summed E-state index contributed by atoms with van der Waals surface area (Å²) in [5.41, 5.74) is 1.91. The number of nitrogens with zero attached hydrogens (tertiary/aromatic N) is 3. The zero-order valence-electron chi connectivity index (χ0n) is 21.8. The predicted molar refractivity (Wildman–Crippen MR) is 136 cm³/mol. The van der Waals surface area contributed by atoms with E-state index in [1.165, 1.54) is 0 Å². The third-order valence-corrected chi connectivity index (χ3v) is 7.63. The van der Waals surface area contributed by atoms with E-state index >= 15 is 0 Å². The number of carbonyl (C=O) groups is 3. The third kappa shape index (κ3) is 5.16. The molecule has 37 heavy (non-hydrogen) atoms. The van der Waals surface area contributed by atoms with E-state index in [4.69, 9.17) is 9.47 Å². The number of imide groups is 1. The molecule has 0 bridgehead atoms. The van der Waals surface area contributed by atoms with E-state index in [-0.39, 0.29) is 36.1 Å². The van der Waals surface area contributed by atoms with Crippen LogP contribution >= 0.6 is 0 Å². The number of piperidine rings is 2. The summed E-state index contributed by atoms with van der Waals surface area (Å²) in [7, 11) is 0. The van der Waals surface area contributed by atoms with Crippen molar-refractivity contribution in [3.63, 3.8) is 0 Å². The summed E-state index contributed by atoms with van der Waals surface area (Å²) in [6.45, 7) is 8.00. The van der Waals surface area contributed by atoms with Crippen molar-refractivity contribution in [2.45, 2.75) is 82.9 Å². The van der Waals surface area contributed by atoms with Gasteiger partial charge in [0.25, 0.3) is 0 Å². The first kappa shape index (κ1) is 25.5. The van der Waals surface area contributed by atoms with E-state index in [0.29, 0.717) is 38.2 Å². The second-order valence-electron chi connectivity index (χ2n) is 11.3. The first-order chi connectivity index (χ1) is 17.6. The molecule has 4 heterocycles. The highest BCUT2D eigenvalue weighted by atomic mass is 16.6. The van der Waals surface area contributed by atoms with Gasteiger partial charge in [-0.05, 0) is 76.5 Å². The van der Waals surface area contributed by atoms with Gasteiger partial charge in [0, 0.05) is 38.8 Å². The van der Waals surface area contributed by atoms with Crippen LogP contribution in [0, 0.1) is 0 Å². The number of nitrogens with one attached hydrogen (secondary N) is 1. The van der Waals surface area contributed by atoms with Gasteiger partial charge >= 0.3 is 11.8 Å². The summed E-state index contributed by atoms with van der Waals surface area (Å²) in [6.07, 6.45) is 3.31. The monoisotopic (exact) mass is 512 g/mol. The number of likely N-dealkylation sites (tertiary alicyclic amines) is 1. The second kappa shape index (κ2) is 9.96. The molecule has 3 amide bonds. The van der Waals surface area contributed by atoms with Crippen molar-refractivity contribution in [3.05, 3.63) is 34.2 Å². The first-order valence-corrected chi connectivity index (χ1v) is 13.3. The predicted octanol–water partition coefficient (Wildman–Crippen LogP) is 3.25. The van der Waals surface area contributed by atoms with Crippen molar-refractivity contribution < 1.29 is 23.9 Å². The van der Waals surface area contributed by atoms with Crippen molar-refractivity contribution in [2.24, 2.45) is 0 Å². The van der Waals surface area contributed by atoms with Crippen LogP contribution in [0.15, 0.2) is 23.0 Å². The number of rotatable bonds is 3. The summed E-state index contributed by atoms with van der Waals surface area (Å²) in [5.74, 6) is -0.481. The maximum atomic E-state index is 13.8. The molecule has 3 aliphatic heterocycles. The number of aromatic nitrogens is 2. The van der Waals surface area contributed by atoms with Crippen LogP contribution in [0.1, 0.15) is 82.9 Å². The Hall–Kier alpha value is -3.14. The summed E-state index contributed by atoms with van der Waals surface area (Å²) in [5, 5.41) is 2.39. The maximum absolute atomic E-state index is 13.8. The highest BCUT2D eigenvalue weighted by molar-refractivity contribution is 6.00. The summed E-state index contributed by atoms with van der Waals surface area (Å²) < 4.78 is 14.5. The SMILES string of the molecule is CC(C)(C)OC(=O)N1CCC(c2ccc3c(c2)n(C2CCOCC2)c(=O)n3C2CCC(=O)NC2=O)CC1. The number of ether oxygens (including phenoxy) is 2. The van der Waals surface area contributed by atoms with Crippen molar-refractivity contribution >= 4 is 28.9 Å². The number of hydrogen-bond donors (Lipinski definition) is 1. The smallest absolute Gasteiger partial charge is 0.410 e. The van der Waals surface area contributed by atoms with Gasteiger partial charge in [-0.25, -0.2) is 9.59 Å². The lowest BCUT2D eigenvalue weighted by Crippen LogP contribution is -2.44. The Morgan fingerprint density at radius 3 is 2.32 bits per heavy atom. The van der Waals surface area contributed by atoms with Crippen molar-refractivity contribution in [2.75, 3.05) is 26.3 Å². The molecule has 10 nitrogen and oxygen atoms in total. The van der Waals surface area contributed by atoms with Gasteiger partial charge in [-0.15, -0.1) is 0 Å². The molecule has 200 valence electrons. The van der Waals surface area contributed by atoms with Gasteiger partial charge in [0.2, 0.25) is 11.8 Å². The average molecular weight is 513 g/mol. The third-order valence-electron chi connectivity index (χ3n) is 7.63. The molecule has 0 saturated carbocycles. The van der Waals surface area contributed by atoms with Crippen LogP contribution in [0.2, 0.25) is 0 Å². The van der Waals surface area contributed by atoms with Crippen molar-refractivity contribution in [3.8, 4) is 0 Å². The quantitative estimate of drug-likeness (QED) is 0.632. The Balaban J connectivity index is 1.46. The highest BCUT2D eigenvalue weighted by Gasteiger charge is 2.34. The van der Waals surface area contributed by atoms with Crippen LogP contribution in [0.4, 0.5) is 4.79 Å². The molecule has 1 unspecified atom stereocenters. The lowest BCUT2D eigenvalue weighted by molar-refractivity contribution is -0.135. The molecular weight excluding hydrogens is 476 g/mol. The van der Waals surface area contributed by atoms with Crippen molar-refractivity contribution in [1.82, 2.24) is 19.4 Å². The number of imidazole rings is 1. The van der Waals surface area contributed by atoms with E-state index in [1.54, 1.807) is 9.47 Å². The summed E-state index contributed by atoms with van der Waals surface area (Å²) in [6, 6.07) is 5.33. The van der Waals surface area contributed by atoms with Gasteiger partial charge in [-0.1, -0.05) is 6.07 Å². The van der Waals surface area contributed by atoms with Crippen LogP contribution in [0.25, 0.3) is 11.0 Å². The fourth-order valence-corrected chi connectivity index (χ4v) is 5.76. The number of carbonyl (C=O) groups excluding carboxylic acids is 3. The number of benzene rings is 1. The summed E-state index contributed by atoms with van der Waals surface area (Å²) in [4.78, 5) is 52.5. The second-order valence-corrected chi connectivity index (χ2v) is 11.3. The van der Waals surface area contributed by atoms with Crippen LogP contribution < -0.4 is 11.0 Å². The Labute approximate surface area is 215 Å². The minimum atomic E-state index is -0.711. The molecule has 0 spiro atoms. The first-order valence-electron chi connectivity index (χ1n) is 13.3. The van der Waals surface area contributed by atoms with E-state index in [0.717, 1.165) is 36.8 Å². The van der Waals surface area contributed by atoms with Crippen LogP contribution in [0.5, 0.6) is 0 Å². The molecule has 2 aromatic rings. The van der Waals surface area contributed by atoms with Crippen LogP contribution in [0.3, 0.4) is 0 Å². The fourth-order valence-electron chi connectivity index (χ4n) is 5.76. The van der Waals surface area contributed by atoms with Gasteiger partial charge < -0.3 is 14.4 Å². The summed E-state index contributed by atoms with van der Waals surface area (Å²) >= 11 is 0. The molecule has 1 aromatic carbocycles. The fraction of sp³-hybridized carbons (Fsp3) is 0.630. The molecule has 10 heteroatoms. The van der Waals surface area contributed by atoms with Gasteiger partial charge in [0.1, 0.15) is 11.6 Å². The van der Waals surface area contributed by atoms with Crippen LogP contribution in [-0.2, 0) is 19.1 Å². The Bertz CT molecular complexity index is 1260. The van der Waals surface area contributed by atoms with E-state index in [2.05, 4.69) is 11.4 Å². The molecule has 5 rings (SSSR count). The topological polar surface area (TPSA) is 112 Å². The minimum Gasteiger partial charge on any atom is -0.444 e. The van der Waals surface area contributed by atoms with Gasteiger partial charge in [0.05, 0.1) is 11.0 Å². The van der Waals surface area contributed by atoms with E-state index < -0.39 is 17.6 Å². The molecule has 0 radical (unpaired) electrons. The molecule has 0 aliphatic carbocycles. The van der Waals surface area contributed by atoms with Gasteiger partial charge in [-0.2, -0.15) is 0 Å². The zero-order chi connectivity index (χ0) is 26.3. The Kier molecular flexibility index (Phi) is 6.87. The number of fused-ring (bicyclic) bond motifs is 1. The largest absolute Gasteiger partial charge is 0.444 e. The minimum absolute atomic E-state index is 0.0115. The highest BCUT2D eigenvalue weighted by Crippen LogP contribution is 2.34. The standard InChI is InChI=1S/C27H36N4O6/c1-27(2,3)37-26(35)29-12-8-17(9-13-29)18-4-5-20-22(16-18)30(19-10-14-36-15-11-19)25(34)31(20)21-6-7-23(32)28-24(21)33/h4-5,16-17,19,21H,6-15H2,1-3H3,(H,28,32,33). The molecule has 3 fully saturated rings. The molecule has 1 atom stereocenters. The van der Waals surface area contributed by atoms with E-state index in [1.807, 2.05) is 37.5 Å². The Morgan fingerprint density at radius 2 is 1.68 bits per heavy atom. The normalized spacial score (nSPS) is 22.4. The lowest BCUT2D eigenvalue weighted by atomic mass is 9.89. The van der Waals surface area contributed by atoms with Gasteiger partial charge in [-0.3, -0.25) is 24.0 Å². The van der Waals surface area contributed by atoms with E-state index in [9.17, 15) is 19.2 Å². The molecular formula is C27H36N4O6. The molecule has 1 N–H and O–H groups in total. The van der Waals surface area contributed by atoms with Gasteiger partial charge in [0.15, 0.2) is 0 Å². The zero-order valence-corrected chi connectivity index (χ0v) is 21.8.